The molecule has 0 spiro atoms. The van der Waals surface area contributed by atoms with Crippen molar-refractivity contribution in [3.63, 3.8) is 0 Å². The summed E-state index contributed by atoms with van der Waals surface area (Å²) in [6.45, 7) is 3.97. The first kappa shape index (κ1) is 14.4. The van der Waals surface area contributed by atoms with Crippen LogP contribution in [0.3, 0.4) is 0 Å². The van der Waals surface area contributed by atoms with Crippen LogP contribution < -0.4 is 11.1 Å². The van der Waals surface area contributed by atoms with Gasteiger partial charge in [-0.3, -0.25) is 9.78 Å². The highest BCUT2D eigenvalue weighted by Gasteiger charge is 2.19. The van der Waals surface area contributed by atoms with Crippen LogP contribution in [0.4, 0.5) is 5.69 Å². The van der Waals surface area contributed by atoms with E-state index in [1.54, 1.807) is 19.1 Å². The third kappa shape index (κ3) is 5.14. The Bertz CT molecular complexity index is 388. The van der Waals surface area contributed by atoms with Crippen molar-refractivity contribution in [1.82, 2.24) is 10.3 Å². The lowest BCUT2D eigenvalue weighted by Gasteiger charge is -2.22. The maximum atomic E-state index is 11.7. The fraction of sp³-hybridized carbons (Fsp3) is 0.538. The van der Waals surface area contributed by atoms with Crippen molar-refractivity contribution in [1.29, 1.82) is 0 Å². The largest absolute Gasteiger partial charge is 0.397 e. The minimum atomic E-state index is -0.848. The van der Waals surface area contributed by atoms with E-state index in [2.05, 4.69) is 10.3 Å². The fourth-order valence-electron chi connectivity index (χ4n) is 1.68. The molecule has 1 aromatic rings. The van der Waals surface area contributed by atoms with Gasteiger partial charge in [-0.2, -0.15) is 0 Å². The average molecular weight is 251 g/mol. The molecule has 18 heavy (non-hydrogen) atoms. The number of hydrogen-bond donors (Lipinski definition) is 3. The molecule has 5 nitrogen and oxygen atoms in total. The van der Waals surface area contributed by atoms with Crippen molar-refractivity contribution in [2.75, 3.05) is 12.3 Å². The quantitative estimate of drug-likeness (QED) is 0.700. The Hall–Kier alpha value is -1.62. The number of nitrogens with two attached hydrogens (primary N) is 1. The van der Waals surface area contributed by atoms with Crippen molar-refractivity contribution >= 4 is 11.6 Å². The van der Waals surface area contributed by atoms with E-state index in [9.17, 15) is 9.90 Å². The predicted octanol–water partition coefficient (Wildman–Crippen LogP) is 0.874. The average Bonchev–Trinajstić information content (AvgIpc) is 2.30. The minimum Gasteiger partial charge on any atom is -0.397 e. The van der Waals surface area contributed by atoms with E-state index in [4.69, 9.17) is 5.73 Å². The first-order valence-electron chi connectivity index (χ1n) is 6.12. The molecule has 0 saturated carbocycles. The molecular formula is C13H21N3O2. The Labute approximate surface area is 107 Å². The van der Waals surface area contributed by atoms with Gasteiger partial charge in [-0.25, -0.2) is 0 Å². The summed E-state index contributed by atoms with van der Waals surface area (Å²) in [6.07, 6.45) is 3.26. The molecule has 0 radical (unpaired) electrons. The van der Waals surface area contributed by atoms with Crippen molar-refractivity contribution in [2.45, 2.75) is 38.7 Å². The summed E-state index contributed by atoms with van der Waals surface area (Å²) in [5.74, 6) is -0.149. The molecule has 1 unspecified atom stereocenters. The lowest BCUT2D eigenvalue weighted by atomic mass is 10.0. The number of pyridine rings is 1. The molecule has 4 N–H and O–H groups in total. The number of carbonyl (C=O) groups excluding carboxylic acids is 1. The smallest absolute Gasteiger partial charge is 0.226 e. The van der Waals surface area contributed by atoms with Crippen LogP contribution in [0.2, 0.25) is 0 Å². The molecule has 1 heterocycles. The van der Waals surface area contributed by atoms with Crippen LogP contribution >= 0.6 is 0 Å². The number of carbonyl (C=O) groups is 1. The maximum absolute atomic E-state index is 11.7. The number of aromatic nitrogens is 1. The van der Waals surface area contributed by atoms with Gasteiger partial charge < -0.3 is 16.2 Å². The summed E-state index contributed by atoms with van der Waals surface area (Å²) in [6, 6.07) is 3.43. The van der Waals surface area contributed by atoms with Crippen LogP contribution in [-0.4, -0.2) is 28.1 Å². The molecule has 0 aromatic carbocycles. The monoisotopic (exact) mass is 251 g/mol. The van der Waals surface area contributed by atoms with Crippen molar-refractivity contribution in [3.05, 3.63) is 24.0 Å². The van der Waals surface area contributed by atoms with E-state index in [-0.39, 0.29) is 18.9 Å². The molecule has 0 bridgehead atoms. The van der Waals surface area contributed by atoms with Crippen LogP contribution in [-0.2, 0) is 11.2 Å². The van der Waals surface area contributed by atoms with Gasteiger partial charge in [-0.15, -0.1) is 0 Å². The number of anilines is 1. The first-order chi connectivity index (χ1) is 8.43. The topological polar surface area (TPSA) is 88.2 Å². The summed E-state index contributed by atoms with van der Waals surface area (Å²) in [7, 11) is 0. The Morgan fingerprint density at radius 2 is 2.28 bits per heavy atom. The van der Waals surface area contributed by atoms with E-state index in [0.717, 1.165) is 6.42 Å². The molecule has 0 aliphatic rings. The van der Waals surface area contributed by atoms with E-state index < -0.39 is 5.60 Å². The number of nitrogens with zero attached hydrogens (tertiary/aromatic N) is 1. The third-order valence-electron chi connectivity index (χ3n) is 2.64. The van der Waals surface area contributed by atoms with Gasteiger partial charge in [0.05, 0.1) is 23.9 Å². The van der Waals surface area contributed by atoms with Gasteiger partial charge in [0.1, 0.15) is 0 Å². The molecule has 1 aromatic heterocycles. The van der Waals surface area contributed by atoms with Crippen LogP contribution in [0.25, 0.3) is 0 Å². The molecule has 0 aliphatic carbocycles. The molecule has 1 rings (SSSR count). The number of amides is 1. The maximum Gasteiger partial charge on any atom is 0.226 e. The lowest BCUT2D eigenvalue weighted by molar-refractivity contribution is -0.121. The second kappa shape index (κ2) is 6.35. The number of aliphatic hydroxyl groups is 1. The summed E-state index contributed by atoms with van der Waals surface area (Å²) >= 11 is 0. The number of nitrogen functional groups attached to an aromatic ring is 1. The van der Waals surface area contributed by atoms with E-state index in [0.29, 0.717) is 17.8 Å². The third-order valence-corrected chi connectivity index (χ3v) is 2.64. The Kier molecular flexibility index (Phi) is 5.09. The Morgan fingerprint density at radius 3 is 2.83 bits per heavy atom. The predicted molar refractivity (Wildman–Crippen MR) is 70.9 cm³/mol. The highest BCUT2D eigenvalue weighted by Crippen LogP contribution is 2.10. The van der Waals surface area contributed by atoms with Crippen LogP contribution in [0, 0.1) is 0 Å². The molecule has 1 atom stereocenters. The standard InChI is InChI=1S/C13H21N3O2/c1-3-6-13(2,18)9-16-12(17)7-11-5-4-10(14)8-15-11/h4-5,8,18H,3,6-7,9,14H2,1-2H3,(H,16,17). The minimum absolute atomic E-state index is 0.149. The van der Waals surface area contributed by atoms with Gasteiger partial charge in [-0.05, 0) is 25.5 Å². The molecular weight excluding hydrogens is 230 g/mol. The van der Waals surface area contributed by atoms with E-state index in [1.807, 2.05) is 6.92 Å². The fourth-order valence-corrected chi connectivity index (χ4v) is 1.68. The second-order valence-corrected chi connectivity index (χ2v) is 4.78. The van der Waals surface area contributed by atoms with Gasteiger partial charge >= 0.3 is 0 Å². The van der Waals surface area contributed by atoms with Gasteiger partial charge in [0.2, 0.25) is 5.91 Å². The second-order valence-electron chi connectivity index (χ2n) is 4.78. The van der Waals surface area contributed by atoms with Crippen LogP contribution in [0.5, 0.6) is 0 Å². The number of rotatable bonds is 6. The molecule has 0 fully saturated rings. The zero-order chi connectivity index (χ0) is 13.6. The zero-order valence-electron chi connectivity index (χ0n) is 10.9. The Balaban J connectivity index is 2.40. The van der Waals surface area contributed by atoms with Gasteiger partial charge in [0.15, 0.2) is 0 Å². The summed E-state index contributed by atoms with van der Waals surface area (Å²) in [4.78, 5) is 15.7. The molecule has 0 saturated heterocycles. The Morgan fingerprint density at radius 1 is 1.56 bits per heavy atom. The normalized spacial score (nSPS) is 13.9. The molecule has 0 aliphatic heterocycles. The van der Waals surface area contributed by atoms with Gasteiger partial charge in [0.25, 0.3) is 0 Å². The first-order valence-corrected chi connectivity index (χ1v) is 6.12. The van der Waals surface area contributed by atoms with Crippen LogP contribution in [0.15, 0.2) is 18.3 Å². The van der Waals surface area contributed by atoms with Crippen molar-refractivity contribution in [3.8, 4) is 0 Å². The summed E-state index contributed by atoms with van der Waals surface area (Å²) < 4.78 is 0. The van der Waals surface area contributed by atoms with Crippen molar-refractivity contribution < 1.29 is 9.90 Å². The lowest BCUT2D eigenvalue weighted by Crippen LogP contribution is -2.41. The van der Waals surface area contributed by atoms with Gasteiger partial charge in [-0.1, -0.05) is 13.3 Å². The van der Waals surface area contributed by atoms with E-state index >= 15 is 0 Å². The van der Waals surface area contributed by atoms with Crippen LogP contribution in [0.1, 0.15) is 32.4 Å². The highest BCUT2D eigenvalue weighted by molar-refractivity contribution is 5.78. The summed E-state index contributed by atoms with van der Waals surface area (Å²) in [5.41, 5.74) is 5.90. The number of nitrogens with one attached hydrogen (secondary N) is 1. The number of hydrogen-bond acceptors (Lipinski definition) is 4. The highest BCUT2D eigenvalue weighted by atomic mass is 16.3. The van der Waals surface area contributed by atoms with Crippen molar-refractivity contribution in [2.24, 2.45) is 0 Å². The zero-order valence-corrected chi connectivity index (χ0v) is 10.9. The summed E-state index contributed by atoms with van der Waals surface area (Å²) in [5, 5.41) is 12.6. The van der Waals surface area contributed by atoms with E-state index in [1.165, 1.54) is 6.20 Å². The van der Waals surface area contributed by atoms with Gasteiger partial charge in [0, 0.05) is 12.2 Å². The molecule has 5 heteroatoms. The molecule has 1 amide bonds. The molecule has 100 valence electrons. The SMILES string of the molecule is CCCC(C)(O)CNC(=O)Cc1ccc(N)cn1.